The third kappa shape index (κ3) is 2.80. The van der Waals surface area contributed by atoms with E-state index in [4.69, 9.17) is 0 Å². The summed E-state index contributed by atoms with van der Waals surface area (Å²) < 4.78 is 0. The standard InChI is InChI=1S/C12H19NOS2/c1-2-16-11-3-5-12(11,14)9-13-7-10-4-6-15-8-10/h4,6,8,11,13-14H,2-3,5,7,9H2,1H3. The van der Waals surface area contributed by atoms with Gasteiger partial charge in [-0.15, -0.1) is 0 Å². The molecular formula is C12H19NOS2. The maximum Gasteiger partial charge on any atom is 0.0889 e. The molecule has 90 valence electrons. The molecule has 2 unspecified atom stereocenters. The van der Waals surface area contributed by atoms with Crippen LogP contribution in [-0.4, -0.2) is 28.3 Å². The second kappa shape index (κ2) is 5.54. The van der Waals surface area contributed by atoms with Crippen LogP contribution < -0.4 is 5.32 Å². The molecule has 0 bridgehead atoms. The molecule has 2 rings (SSSR count). The maximum atomic E-state index is 10.3. The number of nitrogens with one attached hydrogen (secondary N) is 1. The number of aliphatic hydroxyl groups is 1. The first-order chi connectivity index (χ1) is 7.74. The lowest BCUT2D eigenvalue weighted by atomic mass is 9.79. The van der Waals surface area contributed by atoms with Crippen molar-refractivity contribution in [1.29, 1.82) is 0 Å². The highest BCUT2D eigenvalue weighted by Crippen LogP contribution is 2.40. The van der Waals surface area contributed by atoms with E-state index in [9.17, 15) is 5.11 Å². The second-order valence-electron chi connectivity index (χ2n) is 4.32. The zero-order valence-electron chi connectivity index (χ0n) is 9.61. The Kier molecular flexibility index (Phi) is 4.30. The van der Waals surface area contributed by atoms with Gasteiger partial charge in [0.1, 0.15) is 0 Å². The lowest BCUT2D eigenvalue weighted by molar-refractivity contribution is -0.0234. The SMILES string of the molecule is CCSC1CCC1(O)CNCc1ccsc1. The van der Waals surface area contributed by atoms with Crippen LogP contribution in [0.2, 0.25) is 0 Å². The van der Waals surface area contributed by atoms with E-state index in [1.807, 2.05) is 11.8 Å². The molecule has 0 saturated heterocycles. The van der Waals surface area contributed by atoms with Crippen LogP contribution in [0, 0.1) is 0 Å². The van der Waals surface area contributed by atoms with Gasteiger partial charge in [-0.25, -0.2) is 0 Å². The molecule has 16 heavy (non-hydrogen) atoms. The number of rotatable bonds is 6. The molecule has 1 heterocycles. The van der Waals surface area contributed by atoms with E-state index in [0.717, 1.165) is 31.7 Å². The van der Waals surface area contributed by atoms with E-state index in [2.05, 4.69) is 29.1 Å². The van der Waals surface area contributed by atoms with Gasteiger partial charge in [0.05, 0.1) is 5.60 Å². The third-order valence-corrected chi connectivity index (χ3v) is 5.29. The Morgan fingerprint density at radius 3 is 3.12 bits per heavy atom. The minimum atomic E-state index is -0.462. The van der Waals surface area contributed by atoms with Crippen LogP contribution in [-0.2, 0) is 6.54 Å². The summed E-state index contributed by atoms with van der Waals surface area (Å²) in [6, 6.07) is 2.13. The Hall–Kier alpha value is -0.0300. The highest BCUT2D eigenvalue weighted by atomic mass is 32.2. The van der Waals surface area contributed by atoms with Gasteiger partial charge >= 0.3 is 0 Å². The van der Waals surface area contributed by atoms with Crippen molar-refractivity contribution in [3.63, 3.8) is 0 Å². The summed E-state index contributed by atoms with van der Waals surface area (Å²) in [5, 5.41) is 18.4. The fourth-order valence-corrected chi connectivity index (χ4v) is 3.92. The van der Waals surface area contributed by atoms with Crippen LogP contribution in [0.4, 0.5) is 0 Å². The third-order valence-electron chi connectivity index (χ3n) is 3.15. The summed E-state index contributed by atoms with van der Waals surface area (Å²) in [6.45, 7) is 3.75. The Morgan fingerprint density at radius 2 is 2.56 bits per heavy atom. The first-order valence-electron chi connectivity index (χ1n) is 5.80. The largest absolute Gasteiger partial charge is 0.387 e. The van der Waals surface area contributed by atoms with Crippen molar-refractivity contribution in [3.8, 4) is 0 Å². The molecule has 2 nitrogen and oxygen atoms in total. The summed E-state index contributed by atoms with van der Waals surface area (Å²) in [4.78, 5) is 0. The average Bonchev–Trinajstić information content (AvgIpc) is 2.77. The topological polar surface area (TPSA) is 32.3 Å². The minimum Gasteiger partial charge on any atom is -0.387 e. The lowest BCUT2D eigenvalue weighted by Gasteiger charge is -2.45. The maximum absolute atomic E-state index is 10.3. The highest BCUT2D eigenvalue weighted by molar-refractivity contribution is 8.00. The highest BCUT2D eigenvalue weighted by Gasteiger charge is 2.44. The zero-order chi connectivity index (χ0) is 11.4. The van der Waals surface area contributed by atoms with Crippen LogP contribution >= 0.6 is 23.1 Å². The molecule has 1 saturated carbocycles. The first-order valence-corrected chi connectivity index (χ1v) is 7.79. The van der Waals surface area contributed by atoms with Gasteiger partial charge in [-0.05, 0) is 41.0 Å². The lowest BCUT2D eigenvalue weighted by Crippen LogP contribution is -2.56. The van der Waals surface area contributed by atoms with E-state index < -0.39 is 5.60 Å². The Labute approximate surface area is 105 Å². The van der Waals surface area contributed by atoms with Crippen molar-refractivity contribution in [2.45, 2.75) is 37.2 Å². The van der Waals surface area contributed by atoms with Crippen LogP contribution in [0.25, 0.3) is 0 Å². The smallest absolute Gasteiger partial charge is 0.0889 e. The second-order valence-corrected chi connectivity index (χ2v) is 6.58. The minimum absolute atomic E-state index is 0.437. The molecule has 0 aromatic carbocycles. The molecule has 2 N–H and O–H groups in total. The van der Waals surface area contributed by atoms with E-state index in [-0.39, 0.29) is 0 Å². The molecule has 4 heteroatoms. The summed E-state index contributed by atoms with van der Waals surface area (Å²) in [7, 11) is 0. The number of thioether (sulfide) groups is 1. The van der Waals surface area contributed by atoms with E-state index in [1.54, 1.807) is 11.3 Å². The molecule has 0 spiro atoms. The van der Waals surface area contributed by atoms with Gasteiger partial charge in [-0.1, -0.05) is 6.92 Å². The molecule has 1 aliphatic rings. The van der Waals surface area contributed by atoms with Crippen molar-refractivity contribution in [1.82, 2.24) is 5.32 Å². The molecule has 1 aromatic rings. The fourth-order valence-electron chi connectivity index (χ4n) is 2.05. The predicted octanol–water partition coefficient (Wildman–Crippen LogP) is 2.48. The Balaban J connectivity index is 1.73. The van der Waals surface area contributed by atoms with Gasteiger partial charge < -0.3 is 10.4 Å². The first kappa shape index (κ1) is 12.4. The van der Waals surface area contributed by atoms with Crippen LogP contribution in [0.15, 0.2) is 16.8 Å². The van der Waals surface area contributed by atoms with Crippen molar-refractivity contribution in [2.24, 2.45) is 0 Å². The van der Waals surface area contributed by atoms with Crippen molar-refractivity contribution >= 4 is 23.1 Å². The van der Waals surface area contributed by atoms with Gasteiger partial charge in [0, 0.05) is 18.3 Å². The van der Waals surface area contributed by atoms with Gasteiger partial charge in [-0.3, -0.25) is 0 Å². The monoisotopic (exact) mass is 257 g/mol. The number of hydrogen-bond donors (Lipinski definition) is 2. The Bertz CT molecular complexity index is 315. The number of hydrogen-bond acceptors (Lipinski definition) is 4. The molecule has 1 aliphatic carbocycles. The normalized spacial score (nSPS) is 29.0. The summed E-state index contributed by atoms with van der Waals surface area (Å²) in [5.41, 5.74) is 0.851. The summed E-state index contributed by atoms with van der Waals surface area (Å²) >= 11 is 3.60. The fraction of sp³-hybridized carbons (Fsp3) is 0.667. The average molecular weight is 257 g/mol. The van der Waals surface area contributed by atoms with Crippen molar-refractivity contribution < 1.29 is 5.11 Å². The number of thiophene rings is 1. The molecule has 0 radical (unpaired) electrons. The van der Waals surface area contributed by atoms with Crippen molar-refractivity contribution in [2.75, 3.05) is 12.3 Å². The molecule has 0 amide bonds. The molecule has 1 fully saturated rings. The molecular weight excluding hydrogens is 238 g/mol. The molecule has 0 aliphatic heterocycles. The Morgan fingerprint density at radius 1 is 1.69 bits per heavy atom. The van der Waals surface area contributed by atoms with Crippen LogP contribution in [0.3, 0.4) is 0 Å². The van der Waals surface area contributed by atoms with E-state index in [1.165, 1.54) is 5.56 Å². The van der Waals surface area contributed by atoms with E-state index in [0.29, 0.717) is 5.25 Å². The van der Waals surface area contributed by atoms with E-state index >= 15 is 0 Å². The van der Waals surface area contributed by atoms with Gasteiger partial charge in [0.25, 0.3) is 0 Å². The molecule has 2 atom stereocenters. The summed E-state index contributed by atoms with van der Waals surface area (Å²) in [5.74, 6) is 1.09. The quantitative estimate of drug-likeness (QED) is 0.821. The predicted molar refractivity (Wildman–Crippen MR) is 72.1 cm³/mol. The van der Waals surface area contributed by atoms with Crippen LogP contribution in [0.5, 0.6) is 0 Å². The summed E-state index contributed by atoms with van der Waals surface area (Å²) in [6.07, 6.45) is 2.11. The molecule has 1 aromatic heterocycles. The van der Waals surface area contributed by atoms with Gasteiger partial charge in [-0.2, -0.15) is 23.1 Å². The zero-order valence-corrected chi connectivity index (χ0v) is 11.2. The van der Waals surface area contributed by atoms with Crippen molar-refractivity contribution in [3.05, 3.63) is 22.4 Å². The van der Waals surface area contributed by atoms with Crippen LogP contribution in [0.1, 0.15) is 25.3 Å². The van der Waals surface area contributed by atoms with Gasteiger partial charge in [0.2, 0.25) is 0 Å². The van der Waals surface area contributed by atoms with Gasteiger partial charge in [0.15, 0.2) is 0 Å².